The van der Waals surface area contributed by atoms with Crippen LogP contribution in [0.1, 0.15) is 6.92 Å². The molecule has 1 unspecified atom stereocenters. The minimum atomic E-state index is 0.387. The lowest BCUT2D eigenvalue weighted by Crippen LogP contribution is -2.42. The molecule has 0 radical (unpaired) electrons. The molecule has 0 amide bonds. The van der Waals surface area contributed by atoms with Crippen molar-refractivity contribution in [1.82, 2.24) is 4.90 Å². The van der Waals surface area contributed by atoms with Crippen molar-refractivity contribution in [3.63, 3.8) is 0 Å². The van der Waals surface area contributed by atoms with Crippen LogP contribution in [-0.2, 0) is 4.74 Å². The van der Waals surface area contributed by atoms with Gasteiger partial charge in [-0.05, 0) is 19.1 Å². The Labute approximate surface area is 103 Å². The minimum absolute atomic E-state index is 0.387. The number of anilines is 2. The topological polar surface area (TPSA) is 50.5 Å². The summed E-state index contributed by atoms with van der Waals surface area (Å²) in [6.45, 7) is 6.95. The summed E-state index contributed by atoms with van der Waals surface area (Å²) < 4.78 is 5.34. The van der Waals surface area contributed by atoms with E-state index < -0.39 is 0 Å². The molecule has 17 heavy (non-hydrogen) atoms. The Balaban J connectivity index is 1.84. The van der Waals surface area contributed by atoms with Crippen molar-refractivity contribution in [3.05, 3.63) is 24.3 Å². The normalized spacial score (nSPS) is 18.9. The van der Waals surface area contributed by atoms with Crippen LogP contribution in [-0.4, -0.2) is 43.8 Å². The lowest BCUT2D eigenvalue weighted by Gasteiger charge is -2.29. The van der Waals surface area contributed by atoms with E-state index in [2.05, 4.69) is 17.1 Å². The Kier molecular flexibility index (Phi) is 4.23. The van der Waals surface area contributed by atoms with Gasteiger partial charge in [0.2, 0.25) is 0 Å². The Hall–Kier alpha value is -1.26. The van der Waals surface area contributed by atoms with Crippen molar-refractivity contribution in [2.45, 2.75) is 13.0 Å². The quantitative estimate of drug-likeness (QED) is 0.775. The van der Waals surface area contributed by atoms with Crippen LogP contribution in [0.2, 0.25) is 0 Å². The fraction of sp³-hybridized carbons (Fsp3) is 0.538. The number of hydrogen-bond acceptors (Lipinski definition) is 4. The van der Waals surface area contributed by atoms with Crippen LogP contribution in [0.15, 0.2) is 24.3 Å². The first-order valence-electron chi connectivity index (χ1n) is 6.17. The molecular formula is C13H21N3O. The highest BCUT2D eigenvalue weighted by atomic mass is 16.5. The predicted molar refractivity (Wildman–Crippen MR) is 71.2 cm³/mol. The van der Waals surface area contributed by atoms with Crippen LogP contribution >= 0.6 is 0 Å². The Morgan fingerprint density at radius 1 is 1.35 bits per heavy atom. The summed E-state index contributed by atoms with van der Waals surface area (Å²) in [6.07, 6.45) is 0. The molecule has 94 valence electrons. The van der Waals surface area contributed by atoms with E-state index in [1.807, 2.05) is 24.3 Å². The molecule has 1 atom stereocenters. The lowest BCUT2D eigenvalue weighted by molar-refractivity contribution is 0.0368. The van der Waals surface area contributed by atoms with Gasteiger partial charge in [-0.3, -0.25) is 4.90 Å². The standard InChI is InChI=1S/C13H21N3O/c1-11(10-16-6-8-17-9-7-16)15-13-5-3-2-4-12(13)14/h2-5,11,15H,6-10,14H2,1H3. The van der Waals surface area contributed by atoms with E-state index in [9.17, 15) is 0 Å². The van der Waals surface area contributed by atoms with Crippen molar-refractivity contribution in [1.29, 1.82) is 0 Å². The number of nitrogens with two attached hydrogens (primary N) is 1. The Morgan fingerprint density at radius 2 is 2.06 bits per heavy atom. The van der Waals surface area contributed by atoms with E-state index >= 15 is 0 Å². The van der Waals surface area contributed by atoms with Crippen LogP contribution < -0.4 is 11.1 Å². The van der Waals surface area contributed by atoms with Crippen LogP contribution in [0.3, 0.4) is 0 Å². The van der Waals surface area contributed by atoms with E-state index in [0.717, 1.165) is 44.2 Å². The molecule has 2 rings (SSSR count). The van der Waals surface area contributed by atoms with E-state index in [0.29, 0.717) is 6.04 Å². The van der Waals surface area contributed by atoms with Crippen molar-refractivity contribution >= 4 is 11.4 Å². The van der Waals surface area contributed by atoms with E-state index in [1.165, 1.54) is 0 Å². The molecule has 0 spiro atoms. The van der Waals surface area contributed by atoms with Crippen molar-refractivity contribution in [2.75, 3.05) is 43.9 Å². The second kappa shape index (κ2) is 5.89. The molecule has 4 nitrogen and oxygen atoms in total. The highest BCUT2D eigenvalue weighted by Gasteiger charge is 2.13. The van der Waals surface area contributed by atoms with Crippen LogP contribution in [0, 0.1) is 0 Å². The average molecular weight is 235 g/mol. The lowest BCUT2D eigenvalue weighted by atomic mass is 10.2. The van der Waals surface area contributed by atoms with Crippen LogP contribution in [0.5, 0.6) is 0 Å². The SMILES string of the molecule is CC(CN1CCOCC1)Nc1ccccc1N. The highest BCUT2D eigenvalue weighted by molar-refractivity contribution is 5.65. The molecule has 1 saturated heterocycles. The monoisotopic (exact) mass is 235 g/mol. The summed E-state index contributed by atoms with van der Waals surface area (Å²) in [5.74, 6) is 0. The number of morpholine rings is 1. The molecule has 1 aliphatic rings. The summed E-state index contributed by atoms with van der Waals surface area (Å²) in [5.41, 5.74) is 7.73. The maximum Gasteiger partial charge on any atom is 0.0594 e. The van der Waals surface area contributed by atoms with Crippen molar-refractivity contribution in [2.24, 2.45) is 0 Å². The molecule has 1 fully saturated rings. The van der Waals surface area contributed by atoms with Gasteiger partial charge in [-0.2, -0.15) is 0 Å². The number of rotatable bonds is 4. The largest absolute Gasteiger partial charge is 0.397 e. The van der Waals surface area contributed by atoms with Crippen molar-refractivity contribution < 1.29 is 4.74 Å². The first kappa shape index (κ1) is 12.2. The molecule has 1 heterocycles. The zero-order valence-electron chi connectivity index (χ0n) is 10.4. The summed E-state index contributed by atoms with van der Waals surface area (Å²) in [5, 5.41) is 3.45. The second-order valence-corrected chi connectivity index (χ2v) is 4.55. The number of benzene rings is 1. The summed E-state index contributed by atoms with van der Waals surface area (Å²) >= 11 is 0. The Bertz CT molecular complexity index is 350. The van der Waals surface area contributed by atoms with Gasteiger partial charge in [0.05, 0.1) is 24.6 Å². The molecule has 4 heteroatoms. The number of nitrogens with one attached hydrogen (secondary N) is 1. The average Bonchev–Trinajstić information content (AvgIpc) is 2.33. The molecule has 0 saturated carbocycles. The molecule has 0 aliphatic carbocycles. The summed E-state index contributed by atoms with van der Waals surface area (Å²) in [6, 6.07) is 8.28. The van der Waals surface area contributed by atoms with Gasteiger partial charge in [0.1, 0.15) is 0 Å². The van der Waals surface area contributed by atoms with Gasteiger partial charge in [0.25, 0.3) is 0 Å². The smallest absolute Gasteiger partial charge is 0.0594 e. The number of nitrogen functional groups attached to an aromatic ring is 1. The fourth-order valence-corrected chi connectivity index (χ4v) is 2.11. The van der Waals surface area contributed by atoms with Crippen molar-refractivity contribution in [3.8, 4) is 0 Å². The molecule has 0 aromatic heterocycles. The zero-order chi connectivity index (χ0) is 12.1. The van der Waals surface area contributed by atoms with Gasteiger partial charge >= 0.3 is 0 Å². The van der Waals surface area contributed by atoms with E-state index in [-0.39, 0.29) is 0 Å². The number of hydrogen-bond donors (Lipinski definition) is 2. The minimum Gasteiger partial charge on any atom is -0.397 e. The molecular weight excluding hydrogens is 214 g/mol. The van der Waals surface area contributed by atoms with Gasteiger partial charge in [0.15, 0.2) is 0 Å². The van der Waals surface area contributed by atoms with E-state index in [1.54, 1.807) is 0 Å². The molecule has 1 aromatic rings. The maximum absolute atomic E-state index is 5.91. The fourth-order valence-electron chi connectivity index (χ4n) is 2.11. The molecule has 0 bridgehead atoms. The van der Waals surface area contributed by atoms with Gasteiger partial charge in [-0.25, -0.2) is 0 Å². The first-order valence-corrected chi connectivity index (χ1v) is 6.17. The van der Waals surface area contributed by atoms with Gasteiger partial charge < -0.3 is 15.8 Å². The number of nitrogens with zero attached hydrogens (tertiary/aromatic N) is 1. The van der Waals surface area contributed by atoms with E-state index in [4.69, 9.17) is 10.5 Å². The molecule has 1 aliphatic heterocycles. The zero-order valence-corrected chi connectivity index (χ0v) is 10.4. The number of para-hydroxylation sites is 2. The third kappa shape index (κ3) is 3.61. The summed E-state index contributed by atoms with van der Waals surface area (Å²) in [7, 11) is 0. The predicted octanol–water partition coefficient (Wildman–Crippen LogP) is 1.40. The van der Waals surface area contributed by atoms with Gasteiger partial charge in [-0.15, -0.1) is 0 Å². The highest BCUT2D eigenvalue weighted by Crippen LogP contribution is 2.17. The maximum atomic E-state index is 5.91. The molecule has 3 N–H and O–H groups in total. The van der Waals surface area contributed by atoms with Gasteiger partial charge in [0, 0.05) is 25.7 Å². The summed E-state index contributed by atoms with van der Waals surface area (Å²) in [4.78, 5) is 2.42. The molecule has 1 aromatic carbocycles. The van der Waals surface area contributed by atoms with Gasteiger partial charge in [-0.1, -0.05) is 12.1 Å². The third-order valence-electron chi connectivity index (χ3n) is 3.00. The second-order valence-electron chi connectivity index (χ2n) is 4.55. The van der Waals surface area contributed by atoms with Crippen LogP contribution in [0.25, 0.3) is 0 Å². The van der Waals surface area contributed by atoms with Crippen LogP contribution in [0.4, 0.5) is 11.4 Å². The number of ether oxygens (including phenoxy) is 1. The Morgan fingerprint density at radius 3 is 2.76 bits per heavy atom. The first-order chi connectivity index (χ1) is 8.25. The third-order valence-corrected chi connectivity index (χ3v) is 3.00.